The fraction of sp³-hybridized carbons (Fsp3) is 0.474. The maximum absolute atomic E-state index is 11.9. The zero-order valence-electron chi connectivity index (χ0n) is 13.6. The van der Waals surface area contributed by atoms with Gasteiger partial charge in [-0.25, -0.2) is 0 Å². The number of unbranched alkanes of at least 4 members (excludes halogenated alkanes) is 2. The van der Waals surface area contributed by atoms with E-state index in [2.05, 4.69) is 18.8 Å². The van der Waals surface area contributed by atoms with Crippen LogP contribution in [0.5, 0.6) is 0 Å². The Kier molecular flexibility index (Phi) is 7.99. The zero-order valence-corrected chi connectivity index (χ0v) is 13.6. The molecule has 1 aromatic carbocycles. The van der Waals surface area contributed by atoms with Gasteiger partial charge in [0, 0.05) is 18.4 Å². The summed E-state index contributed by atoms with van der Waals surface area (Å²) in [6.07, 6.45) is 3.76. The maximum atomic E-state index is 11.9. The Balaban J connectivity index is 2.91. The Morgan fingerprint density at radius 3 is 2.64 bits per heavy atom. The molecule has 22 heavy (non-hydrogen) atoms. The van der Waals surface area contributed by atoms with E-state index >= 15 is 0 Å². The summed E-state index contributed by atoms with van der Waals surface area (Å²) < 4.78 is 4.81. The molecule has 3 heteroatoms. The molecule has 1 atom stereocenters. The molecule has 0 aliphatic heterocycles. The van der Waals surface area contributed by atoms with E-state index < -0.39 is 5.92 Å². The lowest BCUT2D eigenvalue weighted by Gasteiger charge is -2.14. The van der Waals surface area contributed by atoms with Crippen molar-refractivity contribution >= 4 is 11.8 Å². The number of hydrogen-bond donors (Lipinski definition) is 0. The summed E-state index contributed by atoms with van der Waals surface area (Å²) in [5.74, 6) is 5.54. The number of rotatable bonds is 7. The topological polar surface area (TPSA) is 43.4 Å². The van der Waals surface area contributed by atoms with Crippen LogP contribution in [0.3, 0.4) is 0 Å². The molecule has 1 unspecified atom stereocenters. The highest BCUT2D eigenvalue weighted by Crippen LogP contribution is 2.18. The molecule has 0 fully saturated rings. The molecule has 1 aromatic rings. The lowest BCUT2D eigenvalue weighted by molar-refractivity contribution is -0.147. The molecule has 0 amide bonds. The SMILES string of the molecule is CCCCC#Cc1ccccc1CC(CC(C)=O)C(=O)OC. The van der Waals surface area contributed by atoms with Gasteiger partial charge in [-0.05, 0) is 31.4 Å². The van der Waals surface area contributed by atoms with Crippen LogP contribution in [-0.4, -0.2) is 18.9 Å². The minimum Gasteiger partial charge on any atom is -0.469 e. The van der Waals surface area contributed by atoms with Crippen LogP contribution in [0, 0.1) is 17.8 Å². The highest BCUT2D eigenvalue weighted by Gasteiger charge is 2.22. The number of ether oxygens (including phenoxy) is 1. The predicted octanol–water partition coefficient (Wildman–Crippen LogP) is 3.54. The molecule has 0 bridgehead atoms. The van der Waals surface area contributed by atoms with Gasteiger partial charge in [0.25, 0.3) is 0 Å². The number of hydrogen-bond acceptors (Lipinski definition) is 3. The van der Waals surface area contributed by atoms with E-state index in [4.69, 9.17) is 4.74 Å². The number of ketones is 1. The van der Waals surface area contributed by atoms with Gasteiger partial charge in [-0.2, -0.15) is 0 Å². The lowest BCUT2D eigenvalue weighted by Crippen LogP contribution is -2.21. The second-order valence-corrected chi connectivity index (χ2v) is 5.39. The Hall–Kier alpha value is -2.08. The number of Topliss-reactive ketones (excluding diaryl/α,β-unsaturated/α-hetero) is 1. The third-order valence-corrected chi connectivity index (χ3v) is 3.43. The molecule has 0 aromatic heterocycles. The molecule has 0 heterocycles. The van der Waals surface area contributed by atoms with E-state index in [1.54, 1.807) is 0 Å². The largest absolute Gasteiger partial charge is 0.469 e. The Morgan fingerprint density at radius 2 is 2.00 bits per heavy atom. The van der Waals surface area contributed by atoms with Gasteiger partial charge in [-0.15, -0.1) is 0 Å². The van der Waals surface area contributed by atoms with Crippen LogP contribution in [0.1, 0.15) is 50.7 Å². The van der Waals surface area contributed by atoms with Crippen LogP contribution in [0.2, 0.25) is 0 Å². The van der Waals surface area contributed by atoms with E-state index in [0.29, 0.717) is 6.42 Å². The molecular formula is C19H24O3. The highest BCUT2D eigenvalue weighted by molar-refractivity contribution is 5.83. The molecule has 0 aliphatic rings. The second kappa shape index (κ2) is 9.78. The van der Waals surface area contributed by atoms with Gasteiger partial charge < -0.3 is 9.53 Å². The summed E-state index contributed by atoms with van der Waals surface area (Å²) in [5.41, 5.74) is 1.92. The van der Waals surface area contributed by atoms with Gasteiger partial charge in [-0.3, -0.25) is 4.79 Å². The molecular weight excluding hydrogens is 276 g/mol. The van der Waals surface area contributed by atoms with E-state index in [1.807, 2.05) is 24.3 Å². The van der Waals surface area contributed by atoms with Gasteiger partial charge in [0.1, 0.15) is 5.78 Å². The highest BCUT2D eigenvalue weighted by atomic mass is 16.5. The Morgan fingerprint density at radius 1 is 1.27 bits per heavy atom. The van der Waals surface area contributed by atoms with E-state index in [0.717, 1.165) is 30.4 Å². The van der Waals surface area contributed by atoms with Gasteiger partial charge in [0.15, 0.2) is 0 Å². The minimum absolute atomic E-state index is 0.0121. The number of esters is 1. The van der Waals surface area contributed by atoms with Crippen molar-refractivity contribution in [3.63, 3.8) is 0 Å². The summed E-state index contributed by atoms with van der Waals surface area (Å²) in [4.78, 5) is 23.2. The van der Waals surface area contributed by atoms with Crippen LogP contribution in [0.25, 0.3) is 0 Å². The number of carbonyl (C=O) groups excluding carboxylic acids is 2. The maximum Gasteiger partial charge on any atom is 0.309 e. The average Bonchev–Trinajstić information content (AvgIpc) is 2.51. The third kappa shape index (κ3) is 6.13. The van der Waals surface area contributed by atoms with Crippen LogP contribution in [0.4, 0.5) is 0 Å². The number of carbonyl (C=O) groups is 2. The standard InChI is InChI=1S/C19H24O3/c1-4-5-6-7-10-16-11-8-9-12-17(16)14-18(13-15(2)20)19(21)22-3/h8-9,11-12,18H,4-6,13-14H2,1-3H3. The van der Waals surface area contributed by atoms with E-state index in [9.17, 15) is 9.59 Å². The fourth-order valence-electron chi connectivity index (χ4n) is 2.26. The van der Waals surface area contributed by atoms with Gasteiger partial charge >= 0.3 is 5.97 Å². The van der Waals surface area contributed by atoms with Crippen molar-refractivity contribution in [2.24, 2.45) is 5.92 Å². The first-order chi connectivity index (χ1) is 10.6. The Labute approximate surface area is 133 Å². The first kappa shape index (κ1) is 18.0. The van der Waals surface area contributed by atoms with Crippen molar-refractivity contribution in [1.29, 1.82) is 0 Å². The monoisotopic (exact) mass is 300 g/mol. The molecule has 0 saturated carbocycles. The van der Waals surface area contributed by atoms with Gasteiger partial charge in [0.2, 0.25) is 0 Å². The molecule has 0 spiro atoms. The van der Waals surface area contributed by atoms with Crippen molar-refractivity contribution < 1.29 is 14.3 Å². The number of methoxy groups -OCH3 is 1. The third-order valence-electron chi connectivity index (χ3n) is 3.43. The van der Waals surface area contributed by atoms with E-state index in [-0.39, 0.29) is 18.2 Å². The van der Waals surface area contributed by atoms with Crippen LogP contribution in [-0.2, 0) is 20.7 Å². The quantitative estimate of drug-likeness (QED) is 0.439. The molecule has 118 valence electrons. The zero-order chi connectivity index (χ0) is 16.4. The average molecular weight is 300 g/mol. The molecule has 1 rings (SSSR count). The summed E-state index contributed by atoms with van der Waals surface area (Å²) in [6.45, 7) is 3.63. The van der Waals surface area contributed by atoms with Crippen molar-refractivity contribution in [2.45, 2.75) is 46.0 Å². The van der Waals surface area contributed by atoms with E-state index in [1.165, 1.54) is 14.0 Å². The van der Waals surface area contributed by atoms with Crippen LogP contribution >= 0.6 is 0 Å². The first-order valence-corrected chi connectivity index (χ1v) is 7.72. The second-order valence-electron chi connectivity index (χ2n) is 5.39. The van der Waals surface area contributed by atoms with Crippen LogP contribution < -0.4 is 0 Å². The lowest BCUT2D eigenvalue weighted by atomic mass is 9.92. The predicted molar refractivity (Wildman–Crippen MR) is 87.4 cm³/mol. The summed E-state index contributed by atoms with van der Waals surface area (Å²) in [5, 5.41) is 0. The fourth-order valence-corrected chi connectivity index (χ4v) is 2.26. The molecule has 0 aliphatic carbocycles. The van der Waals surface area contributed by atoms with Crippen LogP contribution in [0.15, 0.2) is 24.3 Å². The van der Waals surface area contributed by atoms with Gasteiger partial charge in [-0.1, -0.05) is 43.4 Å². The molecule has 3 nitrogen and oxygen atoms in total. The molecule has 0 saturated heterocycles. The van der Waals surface area contributed by atoms with Crippen molar-refractivity contribution in [3.8, 4) is 11.8 Å². The minimum atomic E-state index is -0.443. The summed E-state index contributed by atoms with van der Waals surface area (Å²) in [7, 11) is 1.35. The summed E-state index contributed by atoms with van der Waals surface area (Å²) in [6, 6.07) is 7.77. The van der Waals surface area contributed by atoms with Crippen molar-refractivity contribution in [1.82, 2.24) is 0 Å². The Bertz CT molecular complexity index is 564. The van der Waals surface area contributed by atoms with Crippen molar-refractivity contribution in [3.05, 3.63) is 35.4 Å². The summed E-state index contributed by atoms with van der Waals surface area (Å²) >= 11 is 0. The smallest absolute Gasteiger partial charge is 0.309 e. The molecule has 0 radical (unpaired) electrons. The first-order valence-electron chi connectivity index (χ1n) is 7.72. The molecule has 0 N–H and O–H groups in total. The normalized spacial score (nSPS) is 11.2. The van der Waals surface area contributed by atoms with Gasteiger partial charge in [0.05, 0.1) is 13.0 Å². The number of benzene rings is 1. The van der Waals surface area contributed by atoms with Crippen molar-refractivity contribution in [2.75, 3.05) is 7.11 Å².